The number of hydrogen-bond acceptors (Lipinski definition) is 6. The Morgan fingerprint density at radius 2 is 1.80 bits per heavy atom. The zero-order chi connectivity index (χ0) is 24.9. The number of oxime groups is 1. The van der Waals surface area contributed by atoms with Gasteiger partial charge in [0.2, 0.25) is 0 Å². The van der Waals surface area contributed by atoms with E-state index in [2.05, 4.69) is 15.6 Å². The van der Waals surface area contributed by atoms with E-state index in [0.717, 1.165) is 39.3 Å². The molecule has 0 spiro atoms. The van der Waals surface area contributed by atoms with E-state index in [0.29, 0.717) is 17.3 Å². The van der Waals surface area contributed by atoms with Crippen molar-refractivity contribution in [1.29, 1.82) is 0 Å². The minimum absolute atomic E-state index is 0.277. The highest BCUT2D eigenvalue weighted by Gasteiger charge is 2.14. The van der Waals surface area contributed by atoms with Crippen LogP contribution in [0.3, 0.4) is 0 Å². The second kappa shape index (κ2) is 10.6. The van der Waals surface area contributed by atoms with Gasteiger partial charge in [0.15, 0.2) is 0 Å². The molecule has 0 unspecified atom stereocenters. The summed E-state index contributed by atoms with van der Waals surface area (Å²) in [7, 11) is 1.57. The summed E-state index contributed by atoms with van der Waals surface area (Å²) < 4.78 is 8.62. The maximum absolute atomic E-state index is 12.4. The lowest BCUT2D eigenvalue weighted by atomic mass is 10.1. The molecule has 0 atom stereocenters. The third kappa shape index (κ3) is 5.44. The van der Waals surface area contributed by atoms with E-state index < -0.39 is 0 Å². The molecule has 4 rings (SSSR count). The first-order valence-electron chi connectivity index (χ1n) is 11.1. The molecule has 35 heavy (non-hydrogen) atoms. The van der Waals surface area contributed by atoms with E-state index in [-0.39, 0.29) is 12.3 Å². The number of rotatable bonds is 8. The molecule has 0 saturated carbocycles. The van der Waals surface area contributed by atoms with Gasteiger partial charge in [-0.25, -0.2) is 4.79 Å². The van der Waals surface area contributed by atoms with Gasteiger partial charge in [0.05, 0.1) is 11.4 Å². The maximum atomic E-state index is 12.4. The smallest absolute Gasteiger partial charge is 0.368 e. The summed E-state index contributed by atoms with van der Waals surface area (Å²) in [6.45, 7) is 6.41. The highest BCUT2D eigenvalue weighted by Crippen LogP contribution is 2.24. The molecule has 1 heterocycles. The first-order chi connectivity index (χ1) is 16.8. The van der Waals surface area contributed by atoms with E-state index in [1.165, 1.54) is 9.36 Å². The minimum Gasteiger partial charge on any atom is -0.489 e. The van der Waals surface area contributed by atoms with Crippen LogP contribution in [-0.2, 0) is 25.1 Å². The monoisotopic (exact) mass is 491 g/mol. The van der Waals surface area contributed by atoms with Crippen LogP contribution in [0.5, 0.6) is 5.75 Å². The Hall–Kier alpha value is -3.91. The quantitative estimate of drug-likeness (QED) is 0.262. The molecule has 9 heteroatoms. The first-order valence-corrected chi connectivity index (χ1v) is 11.4. The Bertz CT molecular complexity index is 1440. The first kappa shape index (κ1) is 24.2. The standard InChI is InChI=1S/C26H26ClN5O3/c1-17-8-7-11-24(32-26(33)31(4)29-30-32)22(17)16-34-25-13-12-20(14-18(25)2)19(3)28-35-15-21-9-5-6-10-23(21)27/h5-14H,15-16H2,1-4H3. The van der Waals surface area contributed by atoms with E-state index >= 15 is 0 Å². The minimum atomic E-state index is -0.316. The Balaban J connectivity index is 1.47. The van der Waals surface area contributed by atoms with Gasteiger partial charge in [-0.05, 0) is 78.2 Å². The molecule has 180 valence electrons. The summed E-state index contributed by atoms with van der Waals surface area (Å²) in [6, 6.07) is 19.0. The topological polar surface area (TPSA) is 83.5 Å². The van der Waals surface area contributed by atoms with Crippen molar-refractivity contribution < 1.29 is 9.57 Å². The molecule has 0 aliphatic carbocycles. The second-order valence-electron chi connectivity index (χ2n) is 8.18. The summed E-state index contributed by atoms with van der Waals surface area (Å²) in [5.74, 6) is 0.735. The van der Waals surface area contributed by atoms with Gasteiger partial charge in [0.1, 0.15) is 19.0 Å². The van der Waals surface area contributed by atoms with Gasteiger partial charge in [-0.2, -0.15) is 9.36 Å². The van der Waals surface area contributed by atoms with Gasteiger partial charge in [-0.1, -0.05) is 47.1 Å². The second-order valence-corrected chi connectivity index (χ2v) is 8.59. The van der Waals surface area contributed by atoms with Crippen LogP contribution in [0.25, 0.3) is 5.69 Å². The van der Waals surface area contributed by atoms with Gasteiger partial charge in [-0.3, -0.25) is 0 Å². The van der Waals surface area contributed by atoms with Crippen LogP contribution in [0.1, 0.15) is 34.7 Å². The lowest BCUT2D eigenvalue weighted by Gasteiger charge is -2.15. The third-order valence-electron chi connectivity index (χ3n) is 5.68. The van der Waals surface area contributed by atoms with Crippen molar-refractivity contribution >= 4 is 17.3 Å². The number of ether oxygens (including phenoxy) is 1. The fraction of sp³-hybridized carbons (Fsp3) is 0.231. The highest BCUT2D eigenvalue weighted by atomic mass is 35.5. The molecule has 0 saturated heterocycles. The van der Waals surface area contributed by atoms with Gasteiger partial charge in [0.25, 0.3) is 0 Å². The Labute approximate surface area is 208 Å². The highest BCUT2D eigenvalue weighted by molar-refractivity contribution is 6.31. The molecule has 4 aromatic rings. The van der Waals surface area contributed by atoms with E-state index in [1.54, 1.807) is 7.05 Å². The Morgan fingerprint density at radius 1 is 1.00 bits per heavy atom. The average Bonchev–Trinajstić information content (AvgIpc) is 3.18. The number of hydrogen-bond donors (Lipinski definition) is 0. The van der Waals surface area contributed by atoms with Crippen LogP contribution in [0.4, 0.5) is 0 Å². The summed E-state index contributed by atoms with van der Waals surface area (Å²) in [5.41, 5.74) is 5.70. The Kier molecular flexibility index (Phi) is 7.31. The normalized spacial score (nSPS) is 11.5. The van der Waals surface area contributed by atoms with Crippen LogP contribution in [0, 0.1) is 13.8 Å². The molecule has 0 aliphatic rings. The lowest BCUT2D eigenvalue weighted by molar-refractivity contribution is 0.130. The summed E-state index contributed by atoms with van der Waals surface area (Å²) in [5, 5.41) is 12.7. The number of tetrazole rings is 1. The van der Waals surface area contributed by atoms with Crippen molar-refractivity contribution in [2.45, 2.75) is 34.0 Å². The SMILES string of the molecule is CC(=NOCc1ccccc1Cl)c1ccc(OCc2c(C)cccc2-n2nnn(C)c2=O)c(C)c1. The molecular weight excluding hydrogens is 466 g/mol. The van der Waals surface area contributed by atoms with Crippen LogP contribution in [0.2, 0.25) is 5.02 Å². The third-order valence-corrected chi connectivity index (χ3v) is 6.05. The van der Waals surface area contributed by atoms with Gasteiger partial charge in [0, 0.05) is 23.2 Å². The number of aryl methyl sites for hydroxylation is 3. The fourth-order valence-electron chi connectivity index (χ4n) is 3.59. The van der Waals surface area contributed by atoms with Crippen molar-refractivity contribution in [3.63, 3.8) is 0 Å². The van der Waals surface area contributed by atoms with Crippen LogP contribution in [-0.4, -0.2) is 25.5 Å². The van der Waals surface area contributed by atoms with Crippen molar-refractivity contribution in [3.05, 3.63) is 104 Å². The van der Waals surface area contributed by atoms with Gasteiger partial charge < -0.3 is 9.57 Å². The molecular formula is C26H26ClN5O3. The molecule has 1 aromatic heterocycles. The molecule has 8 nitrogen and oxygen atoms in total. The molecule has 0 N–H and O–H groups in total. The predicted molar refractivity (Wildman–Crippen MR) is 135 cm³/mol. The summed E-state index contributed by atoms with van der Waals surface area (Å²) in [4.78, 5) is 17.9. The molecule has 0 amide bonds. The number of halogens is 1. The van der Waals surface area contributed by atoms with Crippen LogP contribution in [0.15, 0.2) is 70.6 Å². The molecule has 0 bridgehead atoms. The van der Waals surface area contributed by atoms with Crippen molar-refractivity contribution in [1.82, 2.24) is 19.8 Å². The number of nitrogens with zero attached hydrogens (tertiary/aromatic N) is 5. The lowest BCUT2D eigenvalue weighted by Crippen LogP contribution is -2.23. The molecule has 0 aliphatic heterocycles. The van der Waals surface area contributed by atoms with Crippen LogP contribution >= 0.6 is 11.6 Å². The fourth-order valence-corrected chi connectivity index (χ4v) is 3.78. The van der Waals surface area contributed by atoms with Crippen molar-refractivity contribution in [3.8, 4) is 11.4 Å². The zero-order valence-corrected chi connectivity index (χ0v) is 20.8. The molecule has 0 fully saturated rings. The average molecular weight is 492 g/mol. The summed E-state index contributed by atoms with van der Waals surface area (Å²) in [6.07, 6.45) is 0. The molecule has 3 aromatic carbocycles. The van der Waals surface area contributed by atoms with Crippen LogP contribution < -0.4 is 10.4 Å². The largest absolute Gasteiger partial charge is 0.489 e. The zero-order valence-electron chi connectivity index (χ0n) is 20.0. The van der Waals surface area contributed by atoms with E-state index in [1.807, 2.05) is 81.4 Å². The maximum Gasteiger partial charge on any atom is 0.368 e. The number of aromatic nitrogens is 4. The van der Waals surface area contributed by atoms with Crippen molar-refractivity contribution in [2.75, 3.05) is 0 Å². The van der Waals surface area contributed by atoms with Crippen molar-refractivity contribution in [2.24, 2.45) is 12.2 Å². The Morgan fingerprint density at radius 3 is 2.51 bits per heavy atom. The van der Waals surface area contributed by atoms with E-state index in [4.69, 9.17) is 21.2 Å². The van der Waals surface area contributed by atoms with E-state index in [9.17, 15) is 4.79 Å². The molecule has 0 radical (unpaired) electrons. The van der Waals surface area contributed by atoms with Gasteiger partial charge in [-0.15, -0.1) is 0 Å². The van der Waals surface area contributed by atoms with Gasteiger partial charge >= 0.3 is 5.69 Å². The summed E-state index contributed by atoms with van der Waals surface area (Å²) >= 11 is 6.16. The predicted octanol–water partition coefficient (Wildman–Crippen LogP) is 4.76. The number of benzene rings is 3.